The van der Waals surface area contributed by atoms with Crippen LogP contribution in [0.5, 0.6) is 0 Å². The van der Waals surface area contributed by atoms with E-state index in [1.807, 2.05) is 5.38 Å². The third kappa shape index (κ3) is 3.51. The molecule has 1 rings (SSSR count). The van der Waals surface area contributed by atoms with Crippen LogP contribution >= 0.6 is 11.3 Å². The molecule has 0 bridgehead atoms. The van der Waals surface area contributed by atoms with Gasteiger partial charge < -0.3 is 4.48 Å². The maximum Gasteiger partial charge on any atom is 0.140 e. The number of rotatable bonds is 1. The average molecular weight is 181 g/mol. The van der Waals surface area contributed by atoms with E-state index in [1.165, 1.54) is 0 Å². The lowest BCUT2D eigenvalue weighted by atomic mass is 10.4. The van der Waals surface area contributed by atoms with Crippen LogP contribution in [-0.2, 0) is 0 Å². The van der Waals surface area contributed by atoms with Gasteiger partial charge in [0.2, 0.25) is 0 Å². The Morgan fingerprint density at radius 1 is 1.50 bits per heavy atom. The van der Waals surface area contributed by atoms with Crippen LogP contribution in [0.3, 0.4) is 0 Å². The van der Waals surface area contributed by atoms with E-state index in [1.54, 1.807) is 16.8 Å². The summed E-state index contributed by atoms with van der Waals surface area (Å²) in [6, 6.07) is 0. The Morgan fingerprint density at radius 3 is 2.75 bits per heavy atom. The van der Waals surface area contributed by atoms with E-state index in [4.69, 9.17) is 0 Å². The van der Waals surface area contributed by atoms with E-state index >= 15 is 0 Å². The van der Waals surface area contributed by atoms with Crippen molar-refractivity contribution in [3.05, 3.63) is 16.6 Å². The van der Waals surface area contributed by atoms with Gasteiger partial charge in [-0.2, -0.15) is 0 Å². The lowest BCUT2D eigenvalue weighted by molar-refractivity contribution is -0.862. The van der Waals surface area contributed by atoms with Crippen LogP contribution in [0.25, 0.3) is 0 Å². The molecule has 1 heterocycles. The molecule has 1 aromatic rings. The van der Waals surface area contributed by atoms with E-state index < -0.39 is 0 Å². The monoisotopic (exact) mass is 181 g/mol. The zero-order chi connectivity index (χ0) is 9.03. The summed E-state index contributed by atoms with van der Waals surface area (Å²) in [4.78, 5) is 4.07. The molecule has 0 saturated carbocycles. The van der Waals surface area contributed by atoms with Gasteiger partial charge in [-0.15, -0.1) is 11.3 Å². The van der Waals surface area contributed by atoms with E-state index in [0.717, 1.165) is 16.7 Å². The molecule has 0 amide bonds. The van der Waals surface area contributed by atoms with Gasteiger partial charge in [-0.3, -0.25) is 0 Å². The number of aromatic nitrogens is 1. The summed E-state index contributed by atoms with van der Waals surface area (Å²) >= 11 is 1.58. The second-order valence-corrected chi connectivity index (χ2v) is 4.34. The van der Waals surface area contributed by atoms with Crippen molar-refractivity contribution < 1.29 is 4.48 Å². The van der Waals surface area contributed by atoms with Crippen LogP contribution in [0.15, 0.2) is 10.9 Å². The molecule has 2 nitrogen and oxygen atoms in total. The first kappa shape index (κ1) is 9.24. The zero-order valence-corrected chi connectivity index (χ0v) is 8.48. The van der Waals surface area contributed by atoms with Gasteiger partial charge in [0.1, 0.15) is 12.2 Å². The molecule has 3 heteroatoms. The second-order valence-electron chi connectivity index (χ2n) is 3.62. The van der Waals surface area contributed by atoms with Gasteiger partial charge in [-0.25, -0.2) is 4.98 Å². The molecular weight excluding hydrogens is 168 g/mol. The van der Waals surface area contributed by atoms with Gasteiger partial charge in [0, 0.05) is 5.38 Å². The van der Waals surface area contributed by atoms with Crippen molar-refractivity contribution in [1.82, 2.24) is 4.98 Å². The molecule has 12 heavy (non-hydrogen) atoms. The van der Waals surface area contributed by atoms with Crippen LogP contribution in [0.4, 0.5) is 0 Å². The molecule has 0 aliphatic rings. The summed E-state index contributed by atoms with van der Waals surface area (Å²) in [7, 11) is 6.36. The molecule has 1 aromatic heterocycles. The fourth-order valence-corrected chi connectivity index (χ4v) is 1.13. The summed E-state index contributed by atoms with van der Waals surface area (Å²) in [5.74, 6) is 6.11. The molecule has 0 saturated heterocycles. The Morgan fingerprint density at radius 2 is 2.25 bits per heavy atom. The first-order valence-corrected chi connectivity index (χ1v) is 4.70. The summed E-state index contributed by atoms with van der Waals surface area (Å²) in [5.41, 5.74) is 2.68. The van der Waals surface area contributed by atoms with Gasteiger partial charge in [-0.1, -0.05) is 0 Å². The Bertz CT molecular complexity index is 285. The van der Waals surface area contributed by atoms with Crippen molar-refractivity contribution >= 4 is 11.3 Å². The SMILES string of the molecule is C[N+](C)(C)CC#Cc1cscn1. The predicted octanol–water partition coefficient (Wildman–Crippen LogP) is 1.20. The lowest BCUT2D eigenvalue weighted by Gasteiger charge is -2.19. The van der Waals surface area contributed by atoms with Crippen molar-refractivity contribution in [1.29, 1.82) is 0 Å². The minimum Gasteiger partial charge on any atom is -0.321 e. The molecule has 0 radical (unpaired) electrons. The van der Waals surface area contributed by atoms with Crippen molar-refractivity contribution in [2.75, 3.05) is 27.7 Å². The molecule has 0 aromatic carbocycles. The van der Waals surface area contributed by atoms with Crippen molar-refractivity contribution in [2.45, 2.75) is 0 Å². The Hall–Kier alpha value is -0.850. The summed E-state index contributed by atoms with van der Waals surface area (Å²) < 4.78 is 0.872. The summed E-state index contributed by atoms with van der Waals surface area (Å²) in [6.45, 7) is 0.859. The van der Waals surface area contributed by atoms with Crippen molar-refractivity contribution in [3.8, 4) is 11.8 Å². The second kappa shape index (κ2) is 3.70. The smallest absolute Gasteiger partial charge is 0.140 e. The zero-order valence-electron chi connectivity index (χ0n) is 7.66. The topological polar surface area (TPSA) is 12.9 Å². The highest BCUT2D eigenvalue weighted by molar-refractivity contribution is 7.07. The molecule has 0 spiro atoms. The summed E-state index contributed by atoms with van der Waals surface area (Å²) in [6.07, 6.45) is 0. The van der Waals surface area contributed by atoms with Crippen LogP contribution in [0.1, 0.15) is 5.69 Å². The molecule has 0 aliphatic carbocycles. The molecule has 0 fully saturated rings. The molecule has 0 aliphatic heterocycles. The Labute approximate surface area is 77.5 Å². The minimum absolute atomic E-state index is 0.859. The standard InChI is InChI=1S/C9H13N2S/c1-11(2,3)6-4-5-9-7-12-8-10-9/h7-8H,6H2,1-3H3/q+1. The Balaban J connectivity index is 2.51. The van der Waals surface area contributed by atoms with Crippen LogP contribution in [-0.4, -0.2) is 37.2 Å². The van der Waals surface area contributed by atoms with Gasteiger partial charge >= 0.3 is 0 Å². The van der Waals surface area contributed by atoms with Gasteiger partial charge in [0.15, 0.2) is 0 Å². The maximum atomic E-state index is 4.07. The number of hydrogen-bond acceptors (Lipinski definition) is 2. The fourth-order valence-electron chi connectivity index (χ4n) is 0.642. The van der Waals surface area contributed by atoms with Crippen LogP contribution < -0.4 is 0 Å². The molecule has 64 valence electrons. The fraction of sp³-hybridized carbons (Fsp3) is 0.444. The maximum absolute atomic E-state index is 4.07. The van der Waals surface area contributed by atoms with Crippen LogP contribution in [0, 0.1) is 11.8 Å². The van der Waals surface area contributed by atoms with Crippen LogP contribution in [0.2, 0.25) is 0 Å². The predicted molar refractivity (Wildman–Crippen MR) is 51.9 cm³/mol. The minimum atomic E-state index is 0.859. The third-order valence-electron chi connectivity index (χ3n) is 1.20. The molecular formula is C9H13N2S+. The average Bonchev–Trinajstić information content (AvgIpc) is 2.36. The van der Waals surface area contributed by atoms with E-state index in [2.05, 4.69) is 38.0 Å². The first-order chi connectivity index (χ1) is 5.58. The number of nitrogens with zero attached hydrogens (tertiary/aromatic N) is 2. The highest BCUT2D eigenvalue weighted by atomic mass is 32.1. The number of thiazole rings is 1. The molecule has 0 N–H and O–H groups in total. The summed E-state index contributed by atoms with van der Waals surface area (Å²) in [5, 5.41) is 1.96. The quantitative estimate of drug-likeness (QED) is 0.468. The van der Waals surface area contributed by atoms with Gasteiger partial charge in [-0.05, 0) is 11.8 Å². The van der Waals surface area contributed by atoms with E-state index in [9.17, 15) is 0 Å². The van der Waals surface area contributed by atoms with Crippen molar-refractivity contribution in [3.63, 3.8) is 0 Å². The highest BCUT2D eigenvalue weighted by Gasteiger charge is 2.01. The lowest BCUT2D eigenvalue weighted by Crippen LogP contribution is -2.34. The highest BCUT2D eigenvalue weighted by Crippen LogP contribution is 1.97. The third-order valence-corrected chi connectivity index (χ3v) is 1.79. The number of quaternary nitrogens is 1. The first-order valence-electron chi connectivity index (χ1n) is 3.75. The largest absolute Gasteiger partial charge is 0.321 e. The van der Waals surface area contributed by atoms with E-state index in [0.29, 0.717) is 0 Å². The van der Waals surface area contributed by atoms with E-state index in [-0.39, 0.29) is 0 Å². The Kier molecular flexibility index (Phi) is 2.85. The van der Waals surface area contributed by atoms with Gasteiger partial charge in [0.25, 0.3) is 0 Å². The number of hydrogen-bond donors (Lipinski definition) is 0. The normalized spacial score (nSPS) is 10.6. The van der Waals surface area contributed by atoms with Gasteiger partial charge in [0.05, 0.1) is 26.7 Å². The molecule has 0 atom stereocenters. The van der Waals surface area contributed by atoms with Crippen molar-refractivity contribution in [2.24, 2.45) is 0 Å². The molecule has 0 unspecified atom stereocenters.